The van der Waals surface area contributed by atoms with Crippen molar-refractivity contribution in [2.45, 2.75) is 19.9 Å². The molecule has 0 saturated carbocycles. The smallest absolute Gasteiger partial charge is 0.271 e. The lowest BCUT2D eigenvalue weighted by Gasteiger charge is -2.08. The highest BCUT2D eigenvalue weighted by Gasteiger charge is 2.13. The van der Waals surface area contributed by atoms with Crippen LogP contribution < -0.4 is 10.6 Å². The first-order valence-electron chi connectivity index (χ1n) is 6.23. The molecule has 0 fully saturated rings. The van der Waals surface area contributed by atoms with E-state index in [0.29, 0.717) is 16.7 Å². The molecule has 8 heteroatoms. The highest BCUT2D eigenvalue weighted by Crippen LogP contribution is 2.16. The molecule has 0 aromatic carbocycles. The number of hydrogen-bond acceptors (Lipinski definition) is 5. The molecule has 0 aliphatic rings. The van der Waals surface area contributed by atoms with Gasteiger partial charge in [-0.1, -0.05) is 18.5 Å². The van der Waals surface area contributed by atoms with Gasteiger partial charge < -0.3 is 10.6 Å². The normalized spacial score (nSPS) is 10.3. The number of carbonyl (C=O) groups is 1. The van der Waals surface area contributed by atoms with Crippen LogP contribution in [0.4, 0.5) is 5.82 Å². The molecular formula is C12H15ClN6O. The fourth-order valence-electron chi connectivity index (χ4n) is 1.52. The van der Waals surface area contributed by atoms with E-state index in [4.69, 9.17) is 11.6 Å². The fourth-order valence-corrected chi connectivity index (χ4v) is 1.71. The second-order valence-corrected chi connectivity index (χ2v) is 4.48. The zero-order chi connectivity index (χ0) is 14.4. The molecule has 0 radical (unpaired) electrons. The Bertz CT molecular complexity index is 571. The predicted molar refractivity (Wildman–Crippen MR) is 75.6 cm³/mol. The van der Waals surface area contributed by atoms with E-state index >= 15 is 0 Å². The SMILES string of the molecule is CCCNc1ccc(Cl)c(C(=O)NCc2ncn[nH]2)n1. The number of amides is 1. The molecule has 2 rings (SSSR count). The minimum atomic E-state index is -0.355. The van der Waals surface area contributed by atoms with Crippen molar-refractivity contribution in [3.05, 3.63) is 35.0 Å². The van der Waals surface area contributed by atoms with Gasteiger partial charge in [0.15, 0.2) is 0 Å². The van der Waals surface area contributed by atoms with Crippen LogP contribution >= 0.6 is 11.6 Å². The van der Waals surface area contributed by atoms with Gasteiger partial charge in [0.2, 0.25) is 0 Å². The second-order valence-electron chi connectivity index (χ2n) is 4.07. The van der Waals surface area contributed by atoms with Crippen molar-refractivity contribution < 1.29 is 4.79 Å². The predicted octanol–water partition coefficient (Wildman–Crippen LogP) is 1.60. The standard InChI is InChI=1S/C12H15ClN6O/c1-2-5-14-9-4-3-8(13)11(18-9)12(20)15-6-10-16-7-17-19-10/h3-4,7H,2,5-6H2,1H3,(H,14,18)(H,15,20)(H,16,17,19). The van der Waals surface area contributed by atoms with Gasteiger partial charge in [-0.15, -0.1) is 0 Å². The maximum absolute atomic E-state index is 12.0. The quantitative estimate of drug-likeness (QED) is 0.752. The highest BCUT2D eigenvalue weighted by atomic mass is 35.5. The number of hydrogen-bond donors (Lipinski definition) is 3. The first kappa shape index (κ1) is 14.3. The van der Waals surface area contributed by atoms with Crippen LogP contribution in [-0.4, -0.2) is 32.6 Å². The molecular weight excluding hydrogens is 280 g/mol. The van der Waals surface area contributed by atoms with Gasteiger partial charge in [-0.25, -0.2) is 9.97 Å². The minimum Gasteiger partial charge on any atom is -0.370 e. The Hall–Kier alpha value is -2.15. The van der Waals surface area contributed by atoms with Crippen molar-refractivity contribution in [2.75, 3.05) is 11.9 Å². The van der Waals surface area contributed by atoms with E-state index in [1.165, 1.54) is 6.33 Å². The van der Waals surface area contributed by atoms with Crippen molar-refractivity contribution in [2.24, 2.45) is 0 Å². The van der Waals surface area contributed by atoms with Crippen LogP contribution in [0.5, 0.6) is 0 Å². The zero-order valence-corrected chi connectivity index (χ0v) is 11.7. The number of nitrogens with zero attached hydrogens (tertiary/aromatic N) is 3. The molecule has 0 spiro atoms. The second kappa shape index (κ2) is 6.85. The van der Waals surface area contributed by atoms with Crippen LogP contribution in [-0.2, 0) is 6.54 Å². The van der Waals surface area contributed by atoms with E-state index in [-0.39, 0.29) is 18.1 Å². The third kappa shape index (κ3) is 3.67. The molecule has 0 unspecified atom stereocenters. The molecule has 2 aromatic heterocycles. The third-order valence-electron chi connectivity index (χ3n) is 2.50. The summed E-state index contributed by atoms with van der Waals surface area (Å²) in [6, 6.07) is 3.39. The summed E-state index contributed by atoms with van der Waals surface area (Å²) in [6.45, 7) is 3.07. The molecule has 3 N–H and O–H groups in total. The van der Waals surface area contributed by atoms with Gasteiger partial charge in [-0.05, 0) is 18.6 Å². The van der Waals surface area contributed by atoms with Crippen LogP contribution in [0.25, 0.3) is 0 Å². The largest absolute Gasteiger partial charge is 0.370 e. The summed E-state index contributed by atoms with van der Waals surface area (Å²) in [6.07, 6.45) is 2.35. The third-order valence-corrected chi connectivity index (χ3v) is 2.80. The van der Waals surface area contributed by atoms with E-state index in [9.17, 15) is 4.79 Å². The average molecular weight is 295 g/mol. The number of H-pyrrole nitrogens is 1. The summed E-state index contributed by atoms with van der Waals surface area (Å²) < 4.78 is 0. The molecule has 2 aromatic rings. The molecule has 0 atom stereocenters. The molecule has 2 heterocycles. The van der Waals surface area contributed by atoms with Crippen LogP contribution in [0, 0.1) is 0 Å². The van der Waals surface area contributed by atoms with Crippen LogP contribution in [0.15, 0.2) is 18.5 Å². The highest BCUT2D eigenvalue weighted by molar-refractivity contribution is 6.33. The lowest BCUT2D eigenvalue weighted by Crippen LogP contribution is -2.25. The van der Waals surface area contributed by atoms with Gasteiger partial charge in [-0.2, -0.15) is 5.10 Å². The number of anilines is 1. The minimum absolute atomic E-state index is 0.187. The number of aromatic nitrogens is 4. The number of aromatic amines is 1. The monoisotopic (exact) mass is 294 g/mol. The van der Waals surface area contributed by atoms with Crippen molar-refractivity contribution >= 4 is 23.3 Å². The Labute approximate surface area is 121 Å². The lowest BCUT2D eigenvalue weighted by molar-refractivity contribution is 0.0945. The molecule has 0 saturated heterocycles. The summed E-state index contributed by atoms with van der Waals surface area (Å²) in [5.74, 6) is 0.836. The first-order chi connectivity index (χ1) is 9.70. The number of halogens is 1. The van der Waals surface area contributed by atoms with Crippen molar-refractivity contribution in [1.29, 1.82) is 0 Å². The number of carbonyl (C=O) groups excluding carboxylic acids is 1. The molecule has 106 valence electrons. The van der Waals surface area contributed by atoms with Gasteiger partial charge in [-0.3, -0.25) is 9.89 Å². The maximum Gasteiger partial charge on any atom is 0.271 e. The average Bonchev–Trinajstić information content (AvgIpc) is 2.97. The van der Waals surface area contributed by atoms with Gasteiger partial charge in [0.05, 0.1) is 11.6 Å². The maximum atomic E-state index is 12.0. The van der Waals surface area contributed by atoms with Crippen LogP contribution in [0.2, 0.25) is 5.02 Å². The number of nitrogens with one attached hydrogen (secondary N) is 3. The van der Waals surface area contributed by atoms with Crippen LogP contribution in [0.1, 0.15) is 29.7 Å². The lowest BCUT2D eigenvalue weighted by atomic mass is 10.3. The summed E-state index contributed by atoms with van der Waals surface area (Å²) in [4.78, 5) is 20.2. The Morgan fingerprint density at radius 1 is 1.45 bits per heavy atom. The molecule has 20 heavy (non-hydrogen) atoms. The van der Waals surface area contributed by atoms with Gasteiger partial charge in [0.25, 0.3) is 5.91 Å². The van der Waals surface area contributed by atoms with Crippen LogP contribution in [0.3, 0.4) is 0 Å². The summed E-state index contributed by atoms with van der Waals surface area (Å²) in [5.41, 5.74) is 0.187. The Morgan fingerprint density at radius 2 is 2.30 bits per heavy atom. The van der Waals surface area contributed by atoms with Crippen molar-refractivity contribution in [1.82, 2.24) is 25.5 Å². The van der Waals surface area contributed by atoms with Gasteiger partial charge in [0, 0.05) is 6.54 Å². The molecule has 0 aliphatic carbocycles. The van der Waals surface area contributed by atoms with E-state index in [1.807, 2.05) is 6.92 Å². The number of rotatable bonds is 6. The van der Waals surface area contributed by atoms with E-state index in [1.54, 1.807) is 12.1 Å². The first-order valence-corrected chi connectivity index (χ1v) is 6.61. The van der Waals surface area contributed by atoms with Gasteiger partial charge in [0.1, 0.15) is 23.7 Å². The van der Waals surface area contributed by atoms with E-state index < -0.39 is 0 Å². The summed E-state index contributed by atoms with van der Waals surface area (Å²) >= 11 is 6.00. The molecule has 7 nitrogen and oxygen atoms in total. The van der Waals surface area contributed by atoms with Crippen molar-refractivity contribution in [3.8, 4) is 0 Å². The zero-order valence-electron chi connectivity index (χ0n) is 11.0. The fraction of sp³-hybridized carbons (Fsp3) is 0.333. The Morgan fingerprint density at radius 3 is 3.00 bits per heavy atom. The number of pyridine rings is 1. The Balaban J connectivity index is 2.04. The topological polar surface area (TPSA) is 95.6 Å². The van der Waals surface area contributed by atoms with E-state index in [0.717, 1.165) is 13.0 Å². The van der Waals surface area contributed by atoms with E-state index in [2.05, 4.69) is 30.8 Å². The summed E-state index contributed by atoms with van der Waals surface area (Å²) in [7, 11) is 0. The summed E-state index contributed by atoms with van der Waals surface area (Å²) in [5, 5.41) is 12.4. The van der Waals surface area contributed by atoms with Gasteiger partial charge >= 0.3 is 0 Å². The molecule has 0 bridgehead atoms. The molecule has 1 amide bonds. The molecule has 0 aliphatic heterocycles. The van der Waals surface area contributed by atoms with Crippen molar-refractivity contribution in [3.63, 3.8) is 0 Å². The Kier molecular flexibility index (Phi) is 4.89.